The predicted octanol–water partition coefficient (Wildman–Crippen LogP) is 2.81. The Bertz CT molecular complexity index is 938. The van der Waals surface area contributed by atoms with Gasteiger partial charge < -0.3 is 14.3 Å². The van der Waals surface area contributed by atoms with Gasteiger partial charge in [-0.05, 0) is 25.0 Å². The van der Waals surface area contributed by atoms with Gasteiger partial charge in [-0.15, -0.1) is 0 Å². The van der Waals surface area contributed by atoms with Crippen LogP contribution in [0, 0.1) is 5.92 Å². The van der Waals surface area contributed by atoms with E-state index in [1.165, 1.54) is 0 Å². The van der Waals surface area contributed by atoms with E-state index in [2.05, 4.69) is 10.5 Å². The van der Waals surface area contributed by atoms with Crippen LogP contribution in [0.1, 0.15) is 37.8 Å². The Morgan fingerprint density at radius 3 is 3.07 bits per heavy atom. The molecule has 2 aromatic heterocycles. The number of hydrogen-bond acceptors (Lipinski definition) is 7. The molecule has 9 heteroatoms. The number of nitrogens with one attached hydrogen (secondary N) is 1. The molecule has 8 nitrogen and oxygen atoms in total. The highest BCUT2D eigenvalue weighted by Gasteiger charge is 2.45. The van der Waals surface area contributed by atoms with Crippen LogP contribution in [0.3, 0.4) is 0 Å². The molecule has 5 rings (SSSR count). The average molecular weight is 414 g/mol. The topological polar surface area (TPSA) is 101 Å². The summed E-state index contributed by atoms with van der Waals surface area (Å²) in [6.45, 7) is 0.266. The van der Waals surface area contributed by atoms with Crippen molar-refractivity contribution in [2.24, 2.45) is 10.9 Å². The van der Waals surface area contributed by atoms with E-state index in [0.717, 1.165) is 30.9 Å². The number of thioether (sulfide) groups is 1. The molecule has 2 aliphatic heterocycles. The number of carbonyl (C=O) groups is 2. The van der Waals surface area contributed by atoms with Crippen LogP contribution < -0.4 is 5.32 Å². The molecule has 0 bridgehead atoms. The minimum atomic E-state index is -0.134. The van der Waals surface area contributed by atoms with Crippen molar-refractivity contribution in [1.82, 2.24) is 15.4 Å². The summed E-state index contributed by atoms with van der Waals surface area (Å²) in [5, 5.41) is 7.63. The van der Waals surface area contributed by atoms with Crippen LogP contribution in [0.25, 0.3) is 11.5 Å². The molecule has 4 heterocycles. The smallest absolute Gasteiger partial charge is 0.234 e. The van der Waals surface area contributed by atoms with Crippen molar-refractivity contribution in [2.75, 3.05) is 5.75 Å². The fourth-order valence-corrected chi connectivity index (χ4v) is 5.47. The highest BCUT2D eigenvalue weighted by Crippen LogP contribution is 2.38. The number of aromatic nitrogens is 1. The van der Waals surface area contributed by atoms with E-state index >= 15 is 0 Å². The number of rotatable bonds is 5. The van der Waals surface area contributed by atoms with Crippen molar-refractivity contribution >= 4 is 28.7 Å². The van der Waals surface area contributed by atoms with Gasteiger partial charge >= 0.3 is 0 Å². The highest BCUT2D eigenvalue weighted by molar-refractivity contribution is 8.14. The van der Waals surface area contributed by atoms with Gasteiger partial charge in [-0.25, -0.2) is 0 Å². The second-order valence-corrected chi connectivity index (χ2v) is 8.67. The van der Waals surface area contributed by atoms with Crippen molar-refractivity contribution in [3.63, 3.8) is 0 Å². The summed E-state index contributed by atoms with van der Waals surface area (Å²) in [5.41, 5.74) is 0.617. The fourth-order valence-electron chi connectivity index (χ4n) is 4.27. The van der Waals surface area contributed by atoms with Crippen molar-refractivity contribution in [3.05, 3.63) is 30.2 Å². The van der Waals surface area contributed by atoms with Crippen molar-refractivity contribution in [2.45, 2.75) is 50.7 Å². The number of aliphatic imine (C=N–C) groups is 1. The van der Waals surface area contributed by atoms with Crippen LogP contribution in [0.5, 0.6) is 0 Å². The van der Waals surface area contributed by atoms with Crippen molar-refractivity contribution < 1.29 is 18.5 Å². The Balaban J connectivity index is 1.19. The minimum Gasteiger partial charge on any atom is -0.461 e. The molecule has 1 saturated heterocycles. The Kier molecular flexibility index (Phi) is 4.91. The number of amides is 2. The maximum absolute atomic E-state index is 13.0. The van der Waals surface area contributed by atoms with Gasteiger partial charge in [0.05, 0.1) is 30.8 Å². The molecule has 0 radical (unpaired) electrons. The third kappa shape index (κ3) is 3.59. The minimum absolute atomic E-state index is 0.00749. The molecule has 3 aliphatic rings. The van der Waals surface area contributed by atoms with E-state index in [9.17, 15) is 9.59 Å². The maximum Gasteiger partial charge on any atom is 0.234 e. The molecule has 29 heavy (non-hydrogen) atoms. The third-order valence-corrected chi connectivity index (χ3v) is 6.86. The maximum atomic E-state index is 13.0. The summed E-state index contributed by atoms with van der Waals surface area (Å²) >= 11 is 1.59. The second kappa shape index (κ2) is 7.70. The average Bonchev–Trinajstić information content (AvgIpc) is 3.48. The van der Waals surface area contributed by atoms with E-state index in [4.69, 9.17) is 13.9 Å². The van der Waals surface area contributed by atoms with Crippen LogP contribution in [0.2, 0.25) is 0 Å². The Hall–Kier alpha value is -2.55. The van der Waals surface area contributed by atoms with Crippen molar-refractivity contribution in [3.8, 4) is 11.5 Å². The Morgan fingerprint density at radius 1 is 1.31 bits per heavy atom. The second-order valence-electron chi connectivity index (χ2n) is 7.68. The molecular formula is C20H22N4O4S. The molecule has 2 fully saturated rings. The first kappa shape index (κ1) is 18.5. The lowest BCUT2D eigenvalue weighted by molar-refractivity contribution is -0.135. The normalized spacial score (nSPS) is 26.1. The number of fused-ring (bicyclic) bond motifs is 2. The van der Waals surface area contributed by atoms with Gasteiger partial charge in [-0.2, -0.15) is 0 Å². The van der Waals surface area contributed by atoms with Gasteiger partial charge in [-0.3, -0.25) is 19.5 Å². The molecule has 152 valence electrons. The van der Waals surface area contributed by atoms with Gasteiger partial charge in [0.2, 0.25) is 17.6 Å². The lowest BCUT2D eigenvalue weighted by atomic mass is 9.83. The largest absolute Gasteiger partial charge is 0.461 e. The van der Waals surface area contributed by atoms with Crippen molar-refractivity contribution in [1.29, 1.82) is 0 Å². The SMILES string of the molecule is O=C(C[C@@H]1CSC2=N[C@H]3CCCC[C@@H]3C(=O)N21)NCc1cc(-c2ccco2)on1. The lowest BCUT2D eigenvalue weighted by Gasteiger charge is -2.37. The number of carbonyl (C=O) groups excluding carboxylic acids is 2. The summed E-state index contributed by atoms with van der Waals surface area (Å²) in [7, 11) is 0. The van der Waals surface area contributed by atoms with E-state index < -0.39 is 0 Å². The van der Waals surface area contributed by atoms with Crippen LogP contribution in [0.15, 0.2) is 38.4 Å². The summed E-state index contributed by atoms with van der Waals surface area (Å²) < 4.78 is 10.5. The van der Waals surface area contributed by atoms with Crippen LogP contribution >= 0.6 is 11.8 Å². The van der Waals surface area contributed by atoms with Gasteiger partial charge in [0, 0.05) is 18.2 Å². The molecule has 3 atom stereocenters. The Labute approximate surface area is 172 Å². The Morgan fingerprint density at radius 2 is 2.21 bits per heavy atom. The molecule has 0 unspecified atom stereocenters. The quantitative estimate of drug-likeness (QED) is 0.807. The molecule has 1 saturated carbocycles. The van der Waals surface area contributed by atoms with Gasteiger partial charge in [0.15, 0.2) is 10.9 Å². The van der Waals surface area contributed by atoms with E-state index in [0.29, 0.717) is 23.0 Å². The first-order valence-corrected chi connectivity index (χ1v) is 11.0. The molecule has 2 amide bonds. The summed E-state index contributed by atoms with van der Waals surface area (Å²) in [4.78, 5) is 32.1. The van der Waals surface area contributed by atoms with Gasteiger partial charge in [0.1, 0.15) is 5.69 Å². The first-order valence-electron chi connectivity index (χ1n) is 9.99. The zero-order valence-electron chi connectivity index (χ0n) is 15.9. The van der Waals surface area contributed by atoms with Crippen LogP contribution in [-0.4, -0.2) is 44.9 Å². The molecular weight excluding hydrogens is 392 g/mol. The molecule has 1 aliphatic carbocycles. The number of hydrogen-bond donors (Lipinski definition) is 1. The molecule has 0 spiro atoms. The van der Waals surface area contributed by atoms with Crippen LogP contribution in [0.4, 0.5) is 0 Å². The third-order valence-electron chi connectivity index (χ3n) is 5.75. The highest BCUT2D eigenvalue weighted by atomic mass is 32.2. The standard InChI is InChI=1S/C20H22N4O4S/c25-18(21-10-12-8-17(28-23-12)16-6-3-7-27-16)9-13-11-29-20-22-15-5-2-1-4-14(15)19(26)24(13)20/h3,6-8,13-15H,1-2,4-5,9-11H2,(H,21,25)/t13-,14+,15+/m1/s1. The molecule has 0 aromatic carbocycles. The number of amidine groups is 1. The first-order chi connectivity index (χ1) is 14.2. The van der Waals surface area contributed by atoms with Crippen LogP contribution in [-0.2, 0) is 16.1 Å². The number of nitrogens with zero attached hydrogens (tertiary/aromatic N) is 3. The summed E-state index contributed by atoms with van der Waals surface area (Å²) in [6.07, 6.45) is 5.96. The monoisotopic (exact) mass is 414 g/mol. The van der Waals surface area contributed by atoms with E-state index in [1.54, 1.807) is 41.1 Å². The molecule has 2 aromatic rings. The summed E-state index contributed by atoms with van der Waals surface area (Å²) in [6, 6.07) is 5.30. The predicted molar refractivity (Wildman–Crippen MR) is 107 cm³/mol. The van der Waals surface area contributed by atoms with E-state index in [-0.39, 0.29) is 42.8 Å². The molecule has 1 N–H and O–H groups in total. The van der Waals surface area contributed by atoms with Gasteiger partial charge in [-0.1, -0.05) is 29.8 Å². The zero-order valence-corrected chi connectivity index (χ0v) is 16.7. The fraction of sp³-hybridized carbons (Fsp3) is 0.500. The van der Waals surface area contributed by atoms with Gasteiger partial charge in [0.25, 0.3) is 0 Å². The van der Waals surface area contributed by atoms with E-state index in [1.807, 2.05) is 0 Å². The number of furan rings is 1. The summed E-state index contributed by atoms with van der Waals surface area (Å²) in [5.74, 6) is 1.86. The zero-order chi connectivity index (χ0) is 19.8. The lowest BCUT2D eigenvalue weighted by Crippen LogP contribution is -2.51.